The number of nitrogens with zero attached hydrogens (tertiary/aromatic N) is 4. The molecular weight excluding hydrogens is 400 g/mol. The average Bonchev–Trinajstić information content (AvgIpc) is 3.17. The highest BCUT2D eigenvalue weighted by Gasteiger charge is 2.28. The lowest BCUT2D eigenvalue weighted by atomic mass is 9.99. The van der Waals surface area contributed by atoms with E-state index in [2.05, 4.69) is 15.0 Å². The summed E-state index contributed by atoms with van der Waals surface area (Å²) in [5.41, 5.74) is 1.43. The van der Waals surface area contributed by atoms with Crippen molar-refractivity contribution in [1.82, 2.24) is 15.0 Å². The zero-order chi connectivity index (χ0) is 20.1. The van der Waals surface area contributed by atoms with Gasteiger partial charge in [-0.2, -0.15) is 0 Å². The number of carbonyl (C=O) groups excluding carboxylic acids is 1. The highest BCUT2D eigenvalue weighted by Crippen LogP contribution is 2.32. The maximum Gasteiger partial charge on any atom is 0.304 e. The largest absolute Gasteiger partial charge is 0.481 e. The molecule has 0 aliphatic rings. The van der Waals surface area contributed by atoms with E-state index in [4.69, 9.17) is 11.6 Å². The Labute approximate surface area is 170 Å². The quantitative estimate of drug-likeness (QED) is 0.632. The van der Waals surface area contributed by atoms with Crippen molar-refractivity contribution < 1.29 is 14.7 Å². The molecule has 0 spiro atoms. The number of hydrogen-bond acceptors (Lipinski definition) is 6. The van der Waals surface area contributed by atoms with Crippen LogP contribution in [0.3, 0.4) is 0 Å². The molecule has 0 bridgehead atoms. The fourth-order valence-corrected chi connectivity index (χ4v) is 3.72. The number of carboxylic acid groups (broad SMARTS) is 1. The molecule has 144 valence electrons. The molecule has 0 aliphatic heterocycles. The summed E-state index contributed by atoms with van der Waals surface area (Å²) in [7, 11) is 1.58. The first-order chi connectivity index (χ1) is 13.5. The van der Waals surface area contributed by atoms with Crippen molar-refractivity contribution in [2.75, 3.05) is 11.9 Å². The molecule has 1 N–H and O–H groups in total. The number of hydrogen-bond donors (Lipinski definition) is 1. The van der Waals surface area contributed by atoms with Gasteiger partial charge in [0.25, 0.3) is 0 Å². The fourth-order valence-electron chi connectivity index (χ4n) is 2.69. The van der Waals surface area contributed by atoms with Crippen LogP contribution in [0.5, 0.6) is 0 Å². The second-order valence-corrected chi connectivity index (χ2v) is 7.30. The maximum absolute atomic E-state index is 12.9. The Morgan fingerprint density at radius 1 is 1.21 bits per heavy atom. The zero-order valence-electron chi connectivity index (χ0n) is 14.9. The molecule has 2 heterocycles. The lowest BCUT2D eigenvalue weighted by Gasteiger charge is -2.20. The van der Waals surface area contributed by atoms with E-state index in [0.29, 0.717) is 21.7 Å². The van der Waals surface area contributed by atoms with Crippen LogP contribution in [0.4, 0.5) is 5.13 Å². The topological polar surface area (TPSA) is 96.3 Å². The highest BCUT2D eigenvalue weighted by atomic mass is 35.5. The Hall–Kier alpha value is -2.84. The number of benzene rings is 1. The third-order valence-electron chi connectivity index (χ3n) is 4.08. The summed E-state index contributed by atoms with van der Waals surface area (Å²) < 4.78 is 0. The molecular formula is C19H17ClN4O3S. The van der Waals surface area contributed by atoms with Crippen LogP contribution in [0.2, 0.25) is 5.02 Å². The van der Waals surface area contributed by atoms with Gasteiger partial charge in [0.2, 0.25) is 5.91 Å². The van der Waals surface area contributed by atoms with Crippen LogP contribution in [0.25, 0.3) is 11.3 Å². The molecule has 9 heteroatoms. The minimum absolute atomic E-state index is 0.138. The number of anilines is 1. The van der Waals surface area contributed by atoms with Gasteiger partial charge in [0.15, 0.2) is 5.13 Å². The van der Waals surface area contributed by atoms with E-state index in [-0.39, 0.29) is 18.7 Å². The lowest BCUT2D eigenvalue weighted by molar-refractivity contribution is -0.140. The fraction of sp³-hybridized carbons (Fsp3) is 0.211. The van der Waals surface area contributed by atoms with Gasteiger partial charge in [0, 0.05) is 41.8 Å². The van der Waals surface area contributed by atoms with Gasteiger partial charge in [-0.05, 0) is 12.1 Å². The summed E-state index contributed by atoms with van der Waals surface area (Å²) in [5, 5.41) is 12.0. The first-order valence-corrected chi connectivity index (χ1v) is 9.67. The van der Waals surface area contributed by atoms with E-state index < -0.39 is 11.9 Å². The molecule has 2 aromatic heterocycles. The summed E-state index contributed by atoms with van der Waals surface area (Å²) >= 11 is 7.50. The van der Waals surface area contributed by atoms with Gasteiger partial charge < -0.3 is 5.11 Å². The molecule has 0 saturated carbocycles. The standard InChI is InChI=1S/C19H17ClN4O3S/c1-24(19-23-15(11-28-19)13-5-2-3-6-14(13)20)18(27)12(10-17(25)26)9-16-21-7-4-8-22-16/h2-8,11-12H,9-10H2,1H3,(H,25,26)/t12-/m1/s1. The summed E-state index contributed by atoms with van der Waals surface area (Å²) in [6.07, 6.45) is 2.94. The number of thiazole rings is 1. The van der Waals surface area contributed by atoms with Crippen LogP contribution < -0.4 is 4.90 Å². The van der Waals surface area contributed by atoms with Gasteiger partial charge in [0.1, 0.15) is 5.82 Å². The van der Waals surface area contributed by atoms with Crippen LogP contribution in [0, 0.1) is 5.92 Å². The van der Waals surface area contributed by atoms with Gasteiger partial charge in [0.05, 0.1) is 18.0 Å². The van der Waals surface area contributed by atoms with Gasteiger partial charge in [-0.1, -0.05) is 29.8 Å². The number of carbonyl (C=O) groups is 2. The number of rotatable bonds is 7. The lowest BCUT2D eigenvalue weighted by Crippen LogP contribution is -2.35. The molecule has 28 heavy (non-hydrogen) atoms. The summed E-state index contributed by atoms with van der Waals surface area (Å²) in [6.45, 7) is 0. The number of carboxylic acids is 1. The van der Waals surface area contributed by atoms with Gasteiger partial charge in [-0.25, -0.2) is 15.0 Å². The van der Waals surface area contributed by atoms with Crippen molar-refractivity contribution in [3.05, 3.63) is 59.0 Å². The van der Waals surface area contributed by atoms with E-state index in [1.165, 1.54) is 16.2 Å². The molecule has 0 fully saturated rings. The molecule has 1 amide bonds. The van der Waals surface area contributed by atoms with E-state index >= 15 is 0 Å². The van der Waals surface area contributed by atoms with Crippen LogP contribution in [0.15, 0.2) is 48.1 Å². The Bertz CT molecular complexity index is 980. The Morgan fingerprint density at radius 2 is 1.93 bits per heavy atom. The van der Waals surface area contributed by atoms with E-state index in [1.54, 1.807) is 31.6 Å². The number of aliphatic carboxylic acids is 1. The van der Waals surface area contributed by atoms with Crippen molar-refractivity contribution in [1.29, 1.82) is 0 Å². The predicted octanol–water partition coefficient (Wildman–Crippen LogP) is 3.55. The minimum Gasteiger partial charge on any atom is -0.481 e. The number of halogens is 1. The first kappa shape index (κ1) is 19.9. The monoisotopic (exact) mass is 416 g/mol. The molecule has 1 atom stereocenters. The van der Waals surface area contributed by atoms with Crippen molar-refractivity contribution in [2.45, 2.75) is 12.8 Å². The average molecular weight is 417 g/mol. The zero-order valence-corrected chi connectivity index (χ0v) is 16.5. The van der Waals surface area contributed by atoms with E-state index in [9.17, 15) is 14.7 Å². The first-order valence-electron chi connectivity index (χ1n) is 8.41. The molecule has 0 radical (unpaired) electrons. The van der Waals surface area contributed by atoms with Crippen LogP contribution >= 0.6 is 22.9 Å². The van der Waals surface area contributed by atoms with Crippen molar-refractivity contribution in [3.8, 4) is 11.3 Å². The summed E-state index contributed by atoms with van der Waals surface area (Å²) in [6, 6.07) is 8.97. The second-order valence-electron chi connectivity index (χ2n) is 6.06. The SMILES string of the molecule is CN(C(=O)[C@@H](CC(=O)O)Cc1ncccn1)c1nc(-c2ccccc2Cl)cs1. The van der Waals surface area contributed by atoms with Crippen molar-refractivity contribution in [3.63, 3.8) is 0 Å². The number of amides is 1. The molecule has 0 aliphatic carbocycles. The molecule has 3 rings (SSSR count). The molecule has 7 nitrogen and oxygen atoms in total. The van der Waals surface area contributed by atoms with Gasteiger partial charge >= 0.3 is 5.97 Å². The van der Waals surface area contributed by atoms with E-state index in [0.717, 1.165) is 5.56 Å². The van der Waals surface area contributed by atoms with Crippen molar-refractivity contribution in [2.24, 2.45) is 5.92 Å². The second kappa shape index (κ2) is 8.90. The van der Waals surface area contributed by atoms with Crippen LogP contribution in [-0.2, 0) is 16.0 Å². The minimum atomic E-state index is -1.06. The summed E-state index contributed by atoms with van der Waals surface area (Å²) in [4.78, 5) is 38.2. The third-order valence-corrected chi connectivity index (χ3v) is 5.32. The smallest absolute Gasteiger partial charge is 0.304 e. The third kappa shape index (κ3) is 4.71. The van der Waals surface area contributed by atoms with E-state index in [1.807, 2.05) is 23.6 Å². The molecule has 1 aromatic carbocycles. The van der Waals surface area contributed by atoms with Gasteiger partial charge in [-0.3, -0.25) is 14.5 Å². The van der Waals surface area contributed by atoms with Crippen LogP contribution in [-0.4, -0.2) is 39.0 Å². The Morgan fingerprint density at radius 3 is 2.61 bits per heavy atom. The summed E-state index contributed by atoms with van der Waals surface area (Å²) in [5.74, 6) is -1.78. The molecule has 0 saturated heterocycles. The van der Waals surface area contributed by atoms with Crippen LogP contribution in [0.1, 0.15) is 12.2 Å². The molecule has 3 aromatic rings. The highest BCUT2D eigenvalue weighted by molar-refractivity contribution is 7.14. The Kier molecular flexibility index (Phi) is 6.33. The van der Waals surface area contributed by atoms with Gasteiger partial charge in [-0.15, -0.1) is 11.3 Å². The maximum atomic E-state index is 12.9. The Balaban J connectivity index is 1.81. The molecule has 0 unspecified atom stereocenters. The number of aromatic nitrogens is 3. The predicted molar refractivity (Wildman–Crippen MR) is 107 cm³/mol. The normalized spacial score (nSPS) is 11.8. The van der Waals surface area contributed by atoms with Crippen molar-refractivity contribution >= 4 is 39.9 Å².